The fourth-order valence-electron chi connectivity index (χ4n) is 1.93. The van der Waals surface area contributed by atoms with Gasteiger partial charge in [-0.1, -0.05) is 59.0 Å². The van der Waals surface area contributed by atoms with Gasteiger partial charge < -0.3 is 5.32 Å². The average molecular weight is 300 g/mol. The molecule has 0 aliphatic heterocycles. The van der Waals surface area contributed by atoms with E-state index in [4.69, 9.17) is 0 Å². The van der Waals surface area contributed by atoms with Crippen LogP contribution in [0.15, 0.2) is 12.3 Å². The van der Waals surface area contributed by atoms with Gasteiger partial charge in [-0.15, -0.1) is 12.3 Å². The van der Waals surface area contributed by atoms with Crippen LogP contribution >= 0.6 is 0 Å². The fraction of sp³-hybridized carbons (Fsp3) is 0.875. The molecule has 0 spiro atoms. The van der Waals surface area contributed by atoms with E-state index in [1.165, 1.54) is 38.0 Å². The average Bonchev–Trinajstić information content (AvgIpc) is 2.26. The van der Waals surface area contributed by atoms with Gasteiger partial charge >= 0.3 is 0 Å². The third kappa shape index (κ3) is 8.10. The molecule has 0 heterocycles. The third-order valence-electron chi connectivity index (χ3n) is 4.91. The van der Waals surface area contributed by atoms with E-state index < -0.39 is 16.1 Å². The Morgan fingerprint density at radius 1 is 0.947 bits per heavy atom. The lowest BCUT2D eigenvalue weighted by Crippen LogP contribution is -2.37. The van der Waals surface area contributed by atoms with Crippen molar-refractivity contribution in [3.8, 4) is 0 Å². The van der Waals surface area contributed by atoms with Crippen molar-refractivity contribution in [2.24, 2.45) is 0 Å². The monoisotopic (exact) mass is 299 g/mol. The van der Waals surface area contributed by atoms with Gasteiger partial charge in [0.25, 0.3) is 0 Å². The standard InChI is InChI=1S/C16H37NSi2/c1-9-18(5,6)14-10-12-17-13-11-15-19(7,8)16(2,3)4/h9,17H,1,10-15H2,2-8H3. The lowest BCUT2D eigenvalue weighted by molar-refractivity contribution is 0.644. The molecule has 1 N–H and O–H groups in total. The number of rotatable bonds is 9. The normalized spacial score (nSPS) is 13.6. The maximum atomic E-state index is 3.96. The summed E-state index contributed by atoms with van der Waals surface area (Å²) < 4.78 is 0. The molecule has 0 bridgehead atoms. The summed E-state index contributed by atoms with van der Waals surface area (Å²) in [6.45, 7) is 23.4. The van der Waals surface area contributed by atoms with Crippen molar-refractivity contribution in [1.82, 2.24) is 5.32 Å². The first-order chi connectivity index (χ1) is 8.52. The van der Waals surface area contributed by atoms with Crippen LogP contribution in [0.3, 0.4) is 0 Å². The van der Waals surface area contributed by atoms with Gasteiger partial charge in [-0.05, 0) is 31.0 Å². The van der Waals surface area contributed by atoms with Crippen molar-refractivity contribution in [3.05, 3.63) is 12.3 Å². The summed E-state index contributed by atoms with van der Waals surface area (Å²) in [5.41, 5.74) is 2.21. The topological polar surface area (TPSA) is 12.0 Å². The van der Waals surface area contributed by atoms with Crippen LogP contribution in [-0.2, 0) is 0 Å². The van der Waals surface area contributed by atoms with Gasteiger partial charge in [-0.25, -0.2) is 0 Å². The Labute approximate surface area is 124 Å². The van der Waals surface area contributed by atoms with Gasteiger partial charge in [-0.2, -0.15) is 0 Å². The third-order valence-corrected chi connectivity index (χ3v) is 13.3. The smallest absolute Gasteiger partial charge is 0.0710 e. The molecule has 0 aromatic heterocycles. The van der Waals surface area contributed by atoms with E-state index in [1.54, 1.807) is 0 Å². The van der Waals surface area contributed by atoms with E-state index in [-0.39, 0.29) is 0 Å². The van der Waals surface area contributed by atoms with Crippen molar-refractivity contribution in [2.45, 2.75) is 76.9 Å². The van der Waals surface area contributed by atoms with Crippen molar-refractivity contribution < 1.29 is 0 Å². The Hall–Kier alpha value is 0.134. The van der Waals surface area contributed by atoms with E-state index in [9.17, 15) is 0 Å². The number of hydrogen-bond acceptors (Lipinski definition) is 1. The van der Waals surface area contributed by atoms with Crippen LogP contribution in [0.4, 0.5) is 0 Å². The molecule has 0 aliphatic rings. The second kappa shape index (κ2) is 7.79. The highest BCUT2D eigenvalue weighted by Gasteiger charge is 2.33. The quantitative estimate of drug-likeness (QED) is 0.450. The summed E-state index contributed by atoms with van der Waals surface area (Å²) >= 11 is 0. The highest BCUT2D eigenvalue weighted by atomic mass is 28.3. The van der Waals surface area contributed by atoms with E-state index in [2.05, 4.69) is 64.6 Å². The van der Waals surface area contributed by atoms with Gasteiger partial charge in [0.2, 0.25) is 0 Å². The first kappa shape index (κ1) is 19.1. The Kier molecular flexibility index (Phi) is 7.85. The predicted octanol–water partition coefficient (Wildman–Crippen LogP) is 5.30. The van der Waals surface area contributed by atoms with Crippen molar-refractivity contribution in [1.29, 1.82) is 0 Å². The first-order valence-corrected chi connectivity index (χ1v) is 14.4. The minimum atomic E-state index is -1.07. The highest BCUT2D eigenvalue weighted by Crippen LogP contribution is 2.39. The minimum absolute atomic E-state index is 0.534. The van der Waals surface area contributed by atoms with Gasteiger partial charge in [0.05, 0.1) is 16.1 Å². The second-order valence-electron chi connectivity index (χ2n) is 8.28. The molecule has 0 aliphatic carbocycles. The second-order valence-corrected chi connectivity index (χ2v) is 18.9. The summed E-state index contributed by atoms with van der Waals surface area (Å²) in [4.78, 5) is 0. The summed E-state index contributed by atoms with van der Waals surface area (Å²) in [6, 6.07) is 2.81. The zero-order valence-corrected chi connectivity index (χ0v) is 16.5. The molecule has 0 amide bonds. The summed E-state index contributed by atoms with van der Waals surface area (Å²) in [7, 11) is -2.13. The van der Waals surface area contributed by atoms with E-state index in [0.717, 1.165) is 0 Å². The van der Waals surface area contributed by atoms with E-state index >= 15 is 0 Å². The summed E-state index contributed by atoms with van der Waals surface area (Å²) in [5, 5.41) is 4.15. The largest absolute Gasteiger partial charge is 0.317 e. The molecule has 0 unspecified atom stereocenters. The molecule has 1 nitrogen and oxygen atoms in total. The molecule has 0 fully saturated rings. The lowest BCUT2D eigenvalue weighted by atomic mass is 10.2. The minimum Gasteiger partial charge on any atom is -0.317 e. The Balaban J connectivity index is 3.65. The molecule has 0 rings (SSSR count). The maximum Gasteiger partial charge on any atom is 0.0710 e. The highest BCUT2D eigenvalue weighted by molar-refractivity contribution is 6.82. The first-order valence-electron chi connectivity index (χ1n) is 7.86. The van der Waals surface area contributed by atoms with Crippen molar-refractivity contribution in [3.63, 3.8) is 0 Å². The molecule has 0 aromatic rings. The van der Waals surface area contributed by atoms with Crippen LogP contribution < -0.4 is 5.32 Å². The van der Waals surface area contributed by atoms with Crippen LogP contribution in [0.5, 0.6) is 0 Å². The lowest BCUT2D eigenvalue weighted by Gasteiger charge is -2.37. The number of hydrogen-bond donors (Lipinski definition) is 1. The SMILES string of the molecule is C=C[Si](C)(C)CCCNCCC[Si](C)(C)C(C)(C)C. The Bertz CT molecular complexity index is 264. The molecule has 3 heteroatoms. The van der Waals surface area contributed by atoms with Crippen LogP contribution in [0.2, 0.25) is 43.3 Å². The molecular formula is C16H37NSi2. The number of nitrogens with one attached hydrogen (secondary N) is 1. The van der Waals surface area contributed by atoms with Gasteiger partial charge in [0.1, 0.15) is 0 Å². The Morgan fingerprint density at radius 2 is 1.42 bits per heavy atom. The zero-order valence-electron chi connectivity index (χ0n) is 14.5. The molecule has 0 saturated carbocycles. The van der Waals surface area contributed by atoms with Gasteiger partial charge in [0.15, 0.2) is 0 Å². The molecule has 19 heavy (non-hydrogen) atoms. The van der Waals surface area contributed by atoms with Crippen LogP contribution in [-0.4, -0.2) is 29.2 Å². The van der Waals surface area contributed by atoms with Crippen LogP contribution in [0, 0.1) is 0 Å². The van der Waals surface area contributed by atoms with Gasteiger partial charge in [-0.3, -0.25) is 0 Å². The molecule has 0 saturated heterocycles. The Morgan fingerprint density at radius 3 is 1.84 bits per heavy atom. The van der Waals surface area contributed by atoms with Crippen molar-refractivity contribution >= 4 is 16.1 Å². The molecular weight excluding hydrogens is 262 g/mol. The molecule has 0 radical (unpaired) electrons. The zero-order chi connectivity index (χ0) is 15.2. The summed E-state index contributed by atoms with van der Waals surface area (Å²) in [5.74, 6) is 0. The van der Waals surface area contributed by atoms with E-state index in [1.807, 2.05) is 0 Å². The van der Waals surface area contributed by atoms with Crippen molar-refractivity contribution in [2.75, 3.05) is 13.1 Å². The van der Waals surface area contributed by atoms with Gasteiger partial charge in [0, 0.05) is 0 Å². The van der Waals surface area contributed by atoms with Crippen LogP contribution in [0.1, 0.15) is 33.6 Å². The fourth-order valence-corrected chi connectivity index (χ4v) is 5.03. The molecule has 114 valence electrons. The summed E-state index contributed by atoms with van der Waals surface area (Å²) in [6.07, 6.45) is 2.66. The predicted molar refractivity (Wildman–Crippen MR) is 96.6 cm³/mol. The van der Waals surface area contributed by atoms with E-state index in [0.29, 0.717) is 5.04 Å². The molecule has 0 atom stereocenters. The molecule has 0 aromatic carbocycles. The maximum absolute atomic E-state index is 3.96. The van der Waals surface area contributed by atoms with Crippen LogP contribution in [0.25, 0.3) is 0 Å².